The number of anilines is 1. The van der Waals surface area contributed by atoms with Crippen molar-refractivity contribution < 1.29 is 5.11 Å². The Morgan fingerprint density at radius 2 is 2.11 bits per heavy atom. The summed E-state index contributed by atoms with van der Waals surface area (Å²) < 4.78 is 0. The van der Waals surface area contributed by atoms with Gasteiger partial charge < -0.3 is 10.4 Å². The van der Waals surface area contributed by atoms with E-state index in [9.17, 15) is 0 Å². The lowest BCUT2D eigenvalue weighted by atomic mass is 10.1. The Morgan fingerprint density at radius 1 is 1.28 bits per heavy atom. The third kappa shape index (κ3) is 3.42. The van der Waals surface area contributed by atoms with Crippen molar-refractivity contribution in [2.24, 2.45) is 5.92 Å². The molecule has 1 unspecified atom stereocenters. The predicted molar refractivity (Wildman–Crippen MR) is 72.6 cm³/mol. The minimum atomic E-state index is 0.255. The first-order valence-electron chi connectivity index (χ1n) is 6.98. The Morgan fingerprint density at radius 3 is 2.94 bits per heavy atom. The monoisotopic (exact) mass is 249 g/mol. The summed E-state index contributed by atoms with van der Waals surface area (Å²) in [6.45, 7) is 3.26. The molecule has 0 bridgehead atoms. The van der Waals surface area contributed by atoms with Gasteiger partial charge in [-0.15, -0.1) is 0 Å². The maximum atomic E-state index is 8.91. The van der Waals surface area contributed by atoms with Crippen LogP contribution in [0.2, 0.25) is 0 Å². The van der Waals surface area contributed by atoms with Gasteiger partial charge in [0.15, 0.2) is 0 Å². The smallest absolute Gasteiger partial charge is 0.132 e. The van der Waals surface area contributed by atoms with Crippen LogP contribution in [0.25, 0.3) is 0 Å². The molecule has 1 aromatic rings. The summed E-state index contributed by atoms with van der Waals surface area (Å²) in [4.78, 5) is 8.79. The molecule has 0 radical (unpaired) electrons. The molecule has 0 saturated heterocycles. The molecule has 4 nitrogen and oxygen atoms in total. The zero-order valence-electron chi connectivity index (χ0n) is 11.2. The summed E-state index contributed by atoms with van der Waals surface area (Å²) in [6.07, 6.45) is 8.44. The Labute approximate surface area is 109 Å². The van der Waals surface area contributed by atoms with Crippen LogP contribution in [0.3, 0.4) is 0 Å². The minimum Gasteiger partial charge on any atom is -0.396 e. The minimum absolute atomic E-state index is 0.255. The zero-order valence-corrected chi connectivity index (χ0v) is 11.2. The van der Waals surface area contributed by atoms with Gasteiger partial charge in [0.05, 0.1) is 0 Å². The van der Waals surface area contributed by atoms with E-state index in [0.29, 0.717) is 5.92 Å². The highest BCUT2D eigenvalue weighted by molar-refractivity contribution is 5.46. The van der Waals surface area contributed by atoms with E-state index in [-0.39, 0.29) is 6.61 Å². The fraction of sp³-hybridized carbons (Fsp3) is 0.714. The van der Waals surface area contributed by atoms with Crippen molar-refractivity contribution in [2.45, 2.75) is 45.4 Å². The summed E-state index contributed by atoms with van der Waals surface area (Å²) in [5, 5.41) is 12.3. The third-order valence-electron chi connectivity index (χ3n) is 3.61. The van der Waals surface area contributed by atoms with Crippen molar-refractivity contribution in [1.82, 2.24) is 9.97 Å². The highest BCUT2D eigenvalue weighted by Gasteiger charge is 2.14. The molecule has 0 saturated carbocycles. The quantitative estimate of drug-likeness (QED) is 0.785. The highest BCUT2D eigenvalue weighted by atomic mass is 16.3. The van der Waals surface area contributed by atoms with E-state index in [4.69, 9.17) is 5.11 Å². The molecule has 1 heterocycles. The number of hydrogen-bond donors (Lipinski definition) is 2. The van der Waals surface area contributed by atoms with Crippen LogP contribution in [0.15, 0.2) is 6.33 Å². The van der Waals surface area contributed by atoms with Crippen LogP contribution in [0.4, 0.5) is 5.82 Å². The summed E-state index contributed by atoms with van der Waals surface area (Å²) in [5.74, 6) is 1.47. The van der Waals surface area contributed by atoms with Crippen molar-refractivity contribution >= 4 is 5.82 Å². The van der Waals surface area contributed by atoms with E-state index in [1.807, 2.05) is 0 Å². The van der Waals surface area contributed by atoms with Gasteiger partial charge in [-0.3, -0.25) is 0 Å². The topological polar surface area (TPSA) is 58.0 Å². The van der Waals surface area contributed by atoms with Crippen molar-refractivity contribution in [1.29, 1.82) is 0 Å². The van der Waals surface area contributed by atoms with E-state index >= 15 is 0 Å². The molecule has 0 aliphatic heterocycles. The van der Waals surface area contributed by atoms with Crippen LogP contribution in [-0.4, -0.2) is 28.2 Å². The van der Waals surface area contributed by atoms with Gasteiger partial charge in [0, 0.05) is 24.4 Å². The Bertz CT molecular complexity index is 381. The van der Waals surface area contributed by atoms with Gasteiger partial charge in [0.1, 0.15) is 12.1 Å². The standard InChI is InChI=1S/C14H23N3O/c1-11(7-8-18)9-15-14-12-5-3-2-4-6-13(12)16-10-17-14/h10-11,18H,2-9H2,1H3,(H,15,16,17). The maximum absolute atomic E-state index is 8.91. The lowest BCUT2D eigenvalue weighted by molar-refractivity contribution is 0.266. The molecule has 1 aromatic heterocycles. The molecule has 18 heavy (non-hydrogen) atoms. The molecule has 2 rings (SSSR count). The molecular weight excluding hydrogens is 226 g/mol. The van der Waals surface area contributed by atoms with Crippen molar-refractivity contribution in [3.05, 3.63) is 17.6 Å². The van der Waals surface area contributed by atoms with Gasteiger partial charge in [-0.2, -0.15) is 0 Å². The van der Waals surface area contributed by atoms with E-state index in [1.54, 1.807) is 6.33 Å². The summed E-state index contributed by atoms with van der Waals surface area (Å²) >= 11 is 0. The summed E-state index contributed by atoms with van der Waals surface area (Å²) in [5.41, 5.74) is 2.53. The first-order valence-corrected chi connectivity index (χ1v) is 6.98. The van der Waals surface area contributed by atoms with E-state index in [0.717, 1.165) is 31.6 Å². The number of nitrogens with one attached hydrogen (secondary N) is 1. The normalized spacial score (nSPS) is 16.8. The van der Waals surface area contributed by atoms with Crippen LogP contribution in [0.1, 0.15) is 43.9 Å². The lowest BCUT2D eigenvalue weighted by Gasteiger charge is -2.15. The number of aromatic nitrogens is 2. The Hall–Kier alpha value is -1.16. The van der Waals surface area contributed by atoms with Gasteiger partial charge in [0.25, 0.3) is 0 Å². The van der Waals surface area contributed by atoms with Gasteiger partial charge in [-0.1, -0.05) is 13.3 Å². The molecule has 0 aromatic carbocycles. The zero-order chi connectivity index (χ0) is 12.8. The number of aliphatic hydroxyl groups is 1. The number of rotatable bonds is 5. The second kappa shape index (κ2) is 6.69. The molecule has 0 fully saturated rings. The van der Waals surface area contributed by atoms with Gasteiger partial charge in [-0.05, 0) is 38.0 Å². The van der Waals surface area contributed by atoms with E-state index in [1.165, 1.54) is 30.5 Å². The van der Waals surface area contributed by atoms with Crippen LogP contribution in [0, 0.1) is 5.92 Å². The number of aryl methyl sites for hydroxylation is 1. The van der Waals surface area contributed by atoms with Gasteiger partial charge >= 0.3 is 0 Å². The average Bonchev–Trinajstić information content (AvgIpc) is 2.62. The second-order valence-electron chi connectivity index (χ2n) is 5.21. The molecule has 1 atom stereocenters. The van der Waals surface area contributed by atoms with Gasteiger partial charge in [-0.25, -0.2) is 9.97 Å². The molecular formula is C14H23N3O. The second-order valence-corrected chi connectivity index (χ2v) is 5.21. The molecule has 2 N–H and O–H groups in total. The Balaban J connectivity index is 2.04. The number of fused-ring (bicyclic) bond motifs is 1. The SMILES string of the molecule is CC(CCO)CNc1ncnc2c1CCCCC2. The third-order valence-corrected chi connectivity index (χ3v) is 3.61. The van der Waals surface area contributed by atoms with Crippen LogP contribution < -0.4 is 5.32 Å². The van der Waals surface area contributed by atoms with E-state index in [2.05, 4.69) is 22.2 Å². The van der Waals surface area contributed by atoms with E-state index < -0.39 is 0 Å². The first-order chi connectivity index (χ1) is 8.81. The van der Waals surface area contributed by atoms with Crippen LogP contribution >= 0.6 is 0 Å². The fourth-order valence-electron chi connectivity index (χ4n) is 2.44. The summed E-state index contributed by atoms with van der Waals surface area (Å²) in [7, 11) is 0. The van der Waals surface area contributed by atoms with Crippen molar-refractivity contribution in [2.75, 3.05) is 18.5 Å². The highest BCUT2D eigenvalue weighted by Crippen LogP contribution is 2.23. The Kier molecular flexibility index (Phi) is 4.93. The lowest BCUT2D eigenvalue weighted by Crippen LogP contribution is -2.15. The molecule has 1 aliphatic carbocycles. The first kappa shape index (κ1) is 13.3. The molecule has 1 aliphatic rings. The number of hydrogen-bond acceptors (Lipinski definition) is 4. The average molecular weight is 249 g/mol. The van der Waals surface area contributed by atoms with Crippen molar-refractivity contribution in [3.63, 3.8) is 0 Å². The molecule has 0 amide bonds. The van der Waals surface area contributed by atoms with Crippen LogP contribution in [0.5, 0.6) is 0 Å². The maximum Gasteiger partial charge on any atom is 0.132 e. The van der Waals surface area contributed by atoms with Gasteiger partial charge in [0.2, 0.25) is 0 Å². The molecule has 0 spiro atoms. The molecule has 4 heteroatoms. The number of aliphatic hydroxyl groups excluding tert-OH is 1. The fourth-order valence-corrected chi connectivity index (χ4v) is 2.44. The largest absolute Gasteiger partial charge is 0.396 e. The summed E-state index contributed by atoms with van der Waals surface area (Å²) in [6, 6.07) is 0. The number of nitrogens with zero attached hydrogens (tertiary/aromatic N) is 2. The van der Waals surface area contributed by atoms with Crippen LogP contribution in [-0.2, 0) is 12.8 Å². The predicted octanol–water partition coefficient (Wildman–Crippen LogP) is 2.18. The molecule has 100 valence electrons. The van der Waals surface area contributed by atoms with Crippen molar-refractivity contribution in [3.8, 4) is 0 Å².